The van der Waals surface area contributed by atoms with E-state index in [9.17, 15) is 0 Å². The molecule has 4 nitrogen and oxygen atoms in total. The smallest absolute Gasteiger partial charge is 0.0635 e. The zero-order valence-corrected chi connectivity index (χ0v) is 7.60. The van der Waals surface area contributed by atoms with E-state index < -0.39 is 0 Å². The quantitative estimate of drug-likeness (QED) is 0.363. The van der Waals surface area contributed by atoms with Gasteiger partial charge in [-0.2, -0.15) is 0 Å². The summed E-state index contributed by atoms with van der Waals surface area (Å²) in [5.74, 6) is 1.31. The van der Waals surface area contributed by atoms with Crippen LogP contribution in [0.2, 0.25) is 0 Å². The first-order valence-corrected chi connectivity index (χ1v) is 4.36. The highest BCUT2D eigenvalue weighted by Crippen LogP contribution is 2.26. The van der Waals surface area contributed by atoms with E-state index in [1.54, 1.807) is 0 Å². The van der Waals surface area contributed by atoms with Crippen LogP contribution in [0.5, 0.6) is 0 Å². The topological polar surface area (TPSA) is 58.0 Å². The van der Waals surface area contributed by atoms with Crippen molar-refractivity contribution in [2.75, 3.05) is 13.2 Å². The third-order valence-electron chi connectivity index (χ3n) is 2.40. The lowest BCUT2D eigenvalue weighted by Crippen LogP contribution is -2.10. The monoisotopic (exact) mass is 169 g/mol. The van der Waals surface area contributed by atoms with Crippen LogP contribution in [0.3, 0.4) is 0 Å². The predicted octanol–water partition coefficient (Wildman–Crippen LogP) is 2.36. The van der Waals surface area contributed by atoms with Gasteiger partial charge in [-0.25, -0.2) is 0 Å². The van der Waals surface area contributed by atoms with E-state index in [1.807, 2.05) is 0 Å². The van der Waals surface area contributed by atoms with Gasteiger partial charge in [-0.05, 0) is 23.8 Å². The third kappa shape index (κ3) is 2.40. The van der Waals surface area contributed by atoms with Crippen LogP contribution < -0.4 is 0 Å². The number of nitrogens with zero attached hydrogens (tertiary/aromatic N) is 3. The first kappa shape index (κ1) is 9.36. The van der Waals surface area contributed by atoms with Gasteiger partial charge in [-0.15, -0.1) is 0 Å². The number of azide groups is 1. The van der Waals surface area contributed by atoms with Gasteiger partial charge in [0.2, 0.25) is 0 Å². The van der Waals surface area contributed by atoms with Crippen molar-refractivity contribution >= 4 is 0 Å². The number of ether oxygens (including phenoxy) is 1. The van der Waals surface area contributed by atoms with Crippen LogP contribution in [0, 0.1) is 11.8 Å². The van der Waals surface area contributed by atoms with Gasteiger partial charge in [0, 0.05) is 4.91 Å². The number of hydrogen-bond acceptors (Lipinski definition) is 2. The molecule has 0 saturated carbocycles. The Labute approximate surface area is 72.5 Å². The molecule has 0 aliphatic carbocycles. The van der Waals surface area contributed by atoms with E-state index >= 15 is 0 Å². The Bertz CT molecular complexity index is 187. The summed E-state index contributed by atoms with van der Waals surface area (Å²) in [5.41, 5.74) is 8.10. The Morgan fingerprint density at radius 2 is 2.42 bits per heavy atom. The second-order valence-corrected chi connectivity index (χ2v) is 3.61. The summed E-state index contributed by atoms with van der Waals surface area (Å²) in [7, 11) is 0. The molecule has 0 bridgehead atoms. The Morgan fingerprint density at radius 3 is 2.92 bits per heavy atom. The second kappa shape index (κ2) is 4.33. The lowest BCUT2D eigenvalue weighted by Gasteiger charge is -2.10. The molecule has 0 amide bonds. The SMILES string of the molecule is CC(C)[C@@H]1CO[C@@H](CN=[N+]=[N-])C1. The first-order chi connectivity index (χ1) is 5.74. The minimum Gasteiger partial charge on any atom is -0.378 e. The molecule has 68 valence electrons. The van der Waals surface area contributed by atoms with E-state index in [0.717, 1.165) is 13.0 Å². The van der Waals surface area contributed by atoms with Gasteiger partial charge in [-0.3, -0.25) is 0 Å². The molecule has 0 radical (unpaired) electrons. The van der Waals surface area contributed by atoms with Crippen molar-refractivity contribution in [3.63, 3.8) is 0 Å². The fraction of sp³-hybridized carbons (Fsp3) is 1.00. The highest BCUT2D eigenvalue weighted by Gasteiger charge is 2.26. The van der Waals surface area contributed by atoms with Crippen molar-refractivity contribution in [2.45, 2.75) is 26.4 Å². The average molecular weight is 169 g/mol. The van der Waals surface area contributed by atoms with Gasteiger partial charge < -0.3 is 4.74 Å². The third-order valence-corrected chi connectivity index (χ3v) is 2.40. The summed E-state index contributed by atoms with van der Waals surface area (Å²) in [4.78, 5) is 2.71. The number of hydrogen-bond donors (Lipinski definition) is 0. The molecule has 1 rings (SSSR count). The van der Waals surface area contributed by atoms with Gasteiger partial charge in [0.05, 0.1) is 19.3 Å². The summed E-state index contributed by atoms with van der Waals surface area (Å²) in [6.07, 6.45) is 1.20. The normalized spacial score (nSPS) is 28.9. The van der Waals surface area contributed by atoms with E-state index in [-0.39, 0.29) is 6.10 Å². The maximum Gasteiger partial charge on any atom is 0.0635 e. The highest BCUT2D eigenvalue weighted by molar-refractivity contribution is 4.77. The molecule has 4 heteroatoms. The predicted molar refractivity (Wildman–Crippen MR) is 46.7 cm³/mol. The Hall–Kier alpha value is -0.730. The molecule has 12 heavy (non-hydrogen) atoms. The fourth-order valence-electron chi connectivity index (χ4n) is 1.45. The molecule has 1 saturated heterocycles. The van der Waals surface area contributed by atoms with Gasteiger partial charge >= 0.3 is 0 Å². The molecular weight excluding hydrogens is 154 g/mol. The molecule has 0 unspecified atom stereocenters. The molecule has 0 spiro atoms. The standard InChI is InChI=1S/C8H15N3O/c1-6(2)7-3-8(12-5-7)4-10-11-9/h6-8H,3-5H2,1-2H3/t7-,8+/m0/s1. The summed E-state index contributed by atoms with van der Waals surface area (Å²) in [5, 5.41) is 3.50. The average Bonchev–Trinajstić information content (AvgIpc) is 2.48. The zero-order chi connectivity index (χ0) is 8.97. The first-order valence-electron chi connectivity index (χ1n) is 4.36. The molecule has 1 fully saturated rings. The van der Waals surface area contributed by atoms with Crippen LogP contribution in [-0.4, -0.2) is 19.3 Å². The van der Waals surface area contributed by atoms with Crippen molar-refractivity contribution in [3.8, 4) is 0 Å². The van der Waals surface area contributed by atoms with Crippen molar-refractivity contribution in [2.24, 2.45) is 17.0 Å². The van der Waals surface area contributed by atoms with E-state index in [4.69, 9.17) is 10.3 Å². The van der Waals surface area contributed by atoms with Gasteiger partial charge in [-0.1, -0.05) is 19.0 Å². The van der Waals surface area contributed by atoms with Crippen LogP contribution in [-0.2, 0) is 4.74 Å². The lowest BCUT2D eigenvalue weighted by molar-refractivity contribution is 0.109. The maximum atomic E-state index is 8.10. The van der Waals surface area contributed by atoms with Crippen LogP contribution in [0.4, 0.5) is 0 Å². The van der Waals surface area contributed by atoms with Crippen molar-refractivity contribution in [1.29, 1.82) is 0 Å². The Morgan fingerprint density at radius 1 is 1.67 bits per heavy atom. The minimum atomic E-state index is 0.160. The lowest BCUT2D eigenvalue weighted by atomic mass is 9.93. The molecule has 0 aromatic heterocycles. The van der Waals surface area contributed by atoms with Crippen LogP contribution in [0.25, 0.3) is 10.4 Å². The summed E-state index contributed by atoms with van der Waals surface area (Å²) in [6, 6.07) is 0. The molecule has 1 heterocycles. The van der Waals surface area contributed by atoms with E-state index in [0.29, 0.717) is 18.4 Å². The maximum absolute atomic E-state index is 8.10. The zero-order valence-electron chi connectivity index (χ0n) is 7.60. The molecule has 1 aliphatic rings. The largest absolute Gasteiger partial charge is 0.378 e. The highest BCUT2D eigenvalue weighted by atomic mass is 16.5. The van der Waals surface area contributed by atoms with Crippen molar-refractivity contribution in [1.82, 2.24) is 0 Å². The van der Waals surface area contributed by atoms with Crippen LogP contribution in [0.1, 0.15) is 20.3 Å². The van der Waals surface area contributed by atoms with Gasteiger partial charge in [0.15, 0.2) is 0 Å². The Kier molecular flexibility index (Phi) is 3.38. The molecule has 0 aromatic carbocycles. The van der Waals surface area contributed by atoms with Crippen LogP contribution in [0.15, 0.2) is 5.11 Å². The van der Waals surface area contributed by atoms with E-state index in [1.165, 1.54) is 0 Å². The van der Waals surface area contributed by atoms with E-state index in [2.05, 4.69) is 23.9 Å². The minimum absolute atomic E-state index is 0.160. The van der Waals surface area contributed by atoms with Crippen LogP contribution >= 0.6 is 0 Å². The summed E-state index contributed by atoms with van der Waals surface area (Å²) in [6.45, 7) is 5.71. The fourth-order valence-corrected chi connectivity index (χ4v) is 1.45. The number of rotatable bonds is 3. The van der Waals surface area contributed by atoms with Gasteiger partial charge in [0.25, 0.3) is 0 Å². The molecule has 0 N–H and O–H groups in total. The molecule has 0 aromatic rings. The summed E-state index contributed by atoms with van der Waals surface area (Å²) < 4.78 is 5.46. The molecular formula is C8H15N3O. The molecule has 1 aliphatic heterocycles. The van der Waals surface area contributed by atoms with Gasteiger partial charge in [0.1, 0.15) is 0 Å². The summed E-state index contributed by atoms with van der Waals surface area (Å²) >= 11 is 0. The van der Waals surface area contributed by atoms with Crippen molar-refractivity contribution in [3.05, 3.63) is 10.4 Å². The van der Waals surface area contributed by atoms with Crippen molar-refractivity contribution < 1.29 is 4.74 Å². The molecule has 2 atom stereocenters. The second-order valence-electron chi connectivity index (χ2n) is 3.61. The Balaban J connectivity index is 2.30.